The van der Waals surface area contributed by atoms with Gasteiger partial charge < -0.3 is 14.2 Å². The summed E-state index contributed by atoms with van der Waals surface area (Å²) in [5, 5.41) is 1.11. The van der Waals surface area contributed by atoms with Crippen LogP contribution >= 0.6 is 0 Å². The fourth-order valence-electron chi connectivity index (χ4n) is 4.46. The number of fused-ring (bicyclic) bond motifs is 1. The first-order valence-electron chi connectivity index (χ1n) is 10.9. The molecule has 3 aromatic rings. The van der Waals surface area contributed by atoms with E-state index in [0.717, 1.165) is 67.2 Å². The topological polar surface area (TPSA) is 37.7 Å². The number of piperazine rings is 1. The Morgan fingerprint density at radius 2 is 1.73 bits per heavy atom. The Labute approximate surface area is 178 Å². The lowest BCUT2D eigenvalue weighted by molar-refractivity contribution is 0.0618. The first-order valence-corrected chi connectivity index (χ1v) is 10.9. The molecule has 0 radical (unpaired) electrons. The second-order valence-corrected chi connectivity index (χ2v) is 7.88. The molecule has 0 aliphatic carbocycles. The third-order valence-corrected chi connectivity index (χ3v) is 6.03. The second kappa shape index (κ2) is 8.92. The first kappa shape index (κ1) is 20.5. The van der Waals surface area contributed by atoms with Crippen molar-refractivity contribution in [3.63, 3.8) is 0 Å². The summed E-state index contributed by atoms with van der Waals surface area (Å²) in [6, 6.07) is 16.7. The molecule has 2 heterocycles. The Balaban J connectivity index is 1.52. The fourth-order valence-corrected chi connectivity index (χ4v) is 4.46. The number of hydrogen-bond donors (Lipinski definition) is 0. The molecule has 0 spiro atoms. The van der Waals surface area contributed by atoms with Gasteiger partial charge in [-0.25, -0.2) is 0 Å². The molecule has 2 aromatic carbocycles. The number of carbonyl (C=O) groups is 1. The Kier molecular flexibility index (Phi) is 6.09. The molecule has 0 atom stereocenters. The van der Waals surface area contributed by atoms with Crippen molar-refractivity contribution in [1.29, 1.82) is 0 Å². The number of ether oxygens (including phenoxy) is 1. The zero-order valence-corrected chi connectivity index (χ0v) is 18.2. The van der Waals surface area contributed by atoms with Crippen LogP contribution in [0.15, 0.2) is 48.5 Å². The van der Waals surface area contributed by atoms with E-state index >= 15 is 0 Å². The van der Waals surface area contributed by atoms with Crippen molar-refractivity contribution < 1.29 is 9.53 Å². The van der Waals surface area contributed by atoms with Gasteiger partial charge in [0.2, 0.25) is 0 Å². The average Bonchev–Trinajstić information content (AvgIpc) is 3.06. The number of nitrogens with zero attached hydrogens (tertiary/aromatic N) is 3. The van der Waals surface area contributed by atoms with E-state index in [1.165, 1.54) is 5.56 Å². The highest BCUT2D eigenvalue weighted by Crippen LogP contribution is 2.30. The SMILES string of the molecule is CCOc1ccc2c(c1)c(C)c(C(=O)N1CCN(Cc3ccccc3)CC1)n2CC. The van der Waals surface area contributed by atoms with Crippen LogP contribution in [-0.4, -0.2) is 53.1 Å². The summed E-state index contributed by atoms with van der Waals surface area (Å²) >= 11 is 0. The molecule has 1 aliphatic rings. The molecular formula is C25H31N3O2. The van der Waals surface area contributed by atoms with Crippen molar-refractivity contribution in [3.8, 4) is 5.75 Å². The van der Waals surface area contributed by atoms with E-state index in [2.05, 4.69) is 59.7 Å². The maximum atomic E-state index is 13.5. The minimum Gasteiger partial charge on any atom is -0.494 e. The lowest BCUT2D eigenvalue weighted by atomic mass is 10.1. The van der Waals surface area contributed by atoms with Gasteiger partial charge in [-0.1, -0.05) is 30.3 Å². The van der Waals surface area contributed by atoms with Crippen LogP contribution in [0.3, 0.4) is 0 Å². The molecule has 158 valence electrons. The number of aryl methyl sites for hydroxylation is 2. The standard InChI is InChI=1S/C25H31N3O2/c1-4-28-23-12-11-21(30-5-2)17-22(23)19(3)24(28)25(29)27-15-13-26(14-16-27)18-20-9-7-6-8-10-20/h6-12,17H,4-5,13-16,18H2,1-3H3. The zero-order valence-electron chi connectivity index (χ0n) is 18.2. The van der Waals surface area contributed by atoms with Gasteiger partial charge in [0.15, 0.2) is 0 Å². The summed E-state index contributed by atoms with van der Waals surface area (Å²) in [4.78, 5) is 17.9. The summed E-state index contributed by atoms with van der Waals surface area (Å²) < 4.78 is 7.83. The maximum Gasteiger partial charge on any atom is 0.270 e. The van der Waals surface area contributed by atoms with E-state index in [9.17, 15) is 4.79 Å². The molecule has 30 heavy (non-hydrogen) atoms. The van der Waals surface area contributed by atoms with Gasteiger partial charge in [0.05, 0.1) is 6.61 Å². The summed E-state index contributed by atoms with van der Waals surface area (Å²) in [6.45, 7) is 11.8. The normalized spacial score (nSPS) is 15.0. The van der Waals surface area contributed by atoms with E-state index in [0.29, 0.717) is 6.61 Å². The van der Waals surface area contributed by atoms with Crippen LogP contribution < -0.4 is 4.74 Å². The Hall–Kier alpha value is -2.79. The van der Waals surface area contributed by atoms with Crippen molar-refractivity contribution in [2.45, 2.75) is 33.9 Å². The van der Waals surface area contributed by atoms with Gasteiger partial charge >= 0.3 is 0 Å². The highest BCUT2D eigenvalue weighted by atomic mass is 16.5. The molecule has 1 fully saturated rings. The van der Waals surface area contributed by atoms with Gasteiger partial charge in [0.1, 0.15) is 11.4 Å². The number of aromatic nitrogens is 1. The molecule has 0 N–H and O–H groups in total. The summed E-state index contributed by atoms with van der Waals surface area (Å²) in [7, 11) is 0. The number of hydrogen-bond acceptors (Lipinski definition) is 3. The van der Waals surface area contributed by atoms with Gasteiger partial charge in [-0.3, -0.25) is 9.69 Å². The molecule has 4 rings (SSSR count). The molecule has 1 aromatic heterocycles. The lowest BCUT2D eigenvalue weighted by Crippen LogP contribution is -2.48. The number of benzene rings is 2. The molecule has 0 saturated carbocycles. The van der Waals surface area contributed by atoms with Crippen LogP contribution in [-0.2, 0) is 13.1 Å². The van der Waals surface area contributed by atoms with Crippen LogP contribution in [0.2, 0.25) is 0 Å². The van der Waals surface area contributed by atoms with Crippen LogP contribution in [0, 0.1) is 6.92 Å². The van der Waals surface area contributed by atoms with Crippen molar-refractivity contribution in [1.82, 2.24) is 14.4 Å². The summed E-state index contributed by atoms with van der Waals surface area (Å²) in [5.74, 6) is 0.998. The van der Waals surface area contributed by atoms with Crippen LogP contribution in [0.5, 0.6) is 5.75 Å². The first-order chi connectivity index (χ1) is 14.6. The van der Waals surface area contributed by atoms with Crippen molar-refractivity contribution in [2.24, 2.45) is 0 Å². The van der Waals surface area contributed by atoms with E-state index < -0.39 is 0 Å². The van der Waals surface area contributed by atoms with E-state index in [1.54, 1.807) is 0 Å². The van der Waals surface area contributed by atoms with Crippen LogP contribution in [0.4, 0.5) is 0 Å². The van der Waals surface area contributed by atoms with E-state index in [-0.39, 0.29) is 5.91 Å². The van der Waals surface area contributed by atoms with Gasteiger partial charge in [0.25, 0.3) is 5.91 Å². The molecule has 1 aliphatic heterocycles. The predicted molar refractivity (Wildman–Crippen MR) is 121 cm³/mol. The van der Waals surface area contributed by atoms with Gasteiger partial charge in [-0.2, -0.15) is 0 Å². The average molecular weight is 406 g/mol. The van der Waals surface area contributed by atoms with Crippen LogP contribution in [0.25, 0.3) is 10.9 Å². The largest absolute Gasteiger partial charge is 0.494 e. The van der Waals surface area contributed by atoms with Crippen molar-refractivity contribution >= 4 is 16.8 Å². The molecule has 0 unspecified atom stereocenters. The Morgan fingerprint density at radius 1 is 1.00 bits per heavy atom. The number of rotatable bonds is 6. The highest BCUT2D eigenvalue weighted by molar-refractivity contribution is 6.02. The van der Waals surface area contributed by atoms with E-state index in [4.69, 9.17) is 4.74 Å². The quantitative estimate of drug-likeness (QED) is 0.613. The molecule has 1 saturated heterocycles. The lowest BCUT2D eigenvalue weighted by Gasteiger charge is -2.35. The van der Waals surface area contributed by atoms with Crippen molar-refractivity contribution in [3.05, 3.63) is 65.4 Å². The smallest absolute Gasteiger partial charge is 0.270 e. The monoisotopic (exact) mass is 405 g/mol. The predicted octanol–water partition coefficient (Wildman–Crippen LogP) is 4.33. The van der Waals surface area contributed by atoms with E-state index in [1.807, 2.05) is 24.0 Å². The van der Waals surface area contributed by atoms with Gasteiger partial charge in [-0.05, 0) is 50.1 Å². The minimum atomic E-state index is 0.142. The molecular weight excluding hydrogens is 374 g/mol. The molecule has 0 bridgehead atoms. The minimum absolute atomic E-state index is 0.142. The number of amides is 1. The molecule has 1 amide bonds. The van der Waals surface area contributed by atoms with Gasteiger partial charge in [0, 0.05) is 50.2 Å². The van der Waals surface area contributed by atoms with Gasteiger partial charge in [-0.15, -0.1) is 0 Å². The summed E-state index contributed by atoms with van der Waals surface area (Å²) in [6.07, 6.45) is 0. The molecule has 5 heteroatoms. The maximum absolute atomic E-state index is 13.5. The highest BCUT2D eigenvalue weighted by Gasteiger charge is 2.27. The third-order valence-electron chi connectivity index (χ3n) is 6.03. The summed E-state index contributed by atoms with van der Waals surface area (Å²) in [5.41, 5.74) is 4.29. The molecule has 5 nitrogen and oxygen atoms in total. The Bertz CT molecular complexity index is 1020. The number of carbonyl (C=O) groups excluding carboxylic acids is 1. The fraction of sp³-hybridized carbons (Fsp3) is 0.400. The van der Waals surface area contributed by atoms with Crippen LogP contribution in [0.1, 0.15) is 35.5 Å². The van der Waals surface area contributed by atoms with Crippen molar-refractivity contribution in [2.75, 3.05) is 32.8 Å². The second-order valence-electron chi connectivity index (χ2n) is 7.88. The Morgan fingerprint density at radius 3 is 2.40 bits per heavy atom. The third kappa shape index (κ3) is 3.94. The zero-order chi connectivity index (χ0) is 21.1.